The Bertz CT molecular complexity index is 1290. The molecule has 0 saturated carbocycles. The van der Waals surface area contributed by atoms with Gasteiger partial charge in [-0.3, -0.25) is 0 Å². The molecule has 5 rings (SSSR count). The molecular weight excluding hydrogens is 678 g/mol. The van der Waals surface area contributed by atoms with Crippen LogP contribution in [0.4, 0.5) is 0 Å². The number of hydrogen-bond acceptors (Lipinski definition) is 2. The van der Waals surface area contributed by atoms with Crippen LogP contribution in [0.15, 0.2) is 142 Å². The molecule has 5 aromatic rings. The van der Waals surface area contributed by atoms with Crippen LogP contribution in [0.1, 0.15) is 0 Å². The molecule has 0 spiro atoms. The largest absolute Gasteiger partial charge is 0.457 e. The average Bonchev–Trinajstić information content (AvgIpc) is 2.88. The lowest BCUT2D eigenvalue weighted by molar-refractivity contribution is 0.458. The summed E-state index contributed by atoms with van der Waals surface area (Å²) in [7, 11) is -0.321. The van der Waals surface area contributed by atoms with E-state index in [0.29, 0.717) is 0 Å². The molecule has 0 saturated heterocycles. The summed E-state index contributed by atoms with van der Waals surface area (Å²) in [5, 5.41) is 0. The molecule has 0 aliphatic heterocycles. The zero-order valence-electron chi connectivity index (χ0n) is 18.6. The van der Waals surface area contributed by atoms with E-state index in [1.165, 1.54) is 16.9 Å². The highest BCUT2D eigenvalue weighted by molar-refractivity contribution is 14.1. The Kier molecular flexibility index (Phi) is 7.95. The van der Waals surface area contributed by atoms with Crippen LogP contribution in [0.3, 0.4) is 0 Å². The molecule has 2 nitrogen and oxygen atoms in total. The highest BCUT2D eigenvalue weighted by atomic mass is 127. The van der Waals surface area contributed by atoms with Crippen LogP contribution in [-0.2, 0) is 10.9 Å². The Hall–Kier alpha value is -2.49. The van der Waals surface area contributed by atoms with Crippen LogP contribution in [0, 0.1) is 7.14 Å². The van der Waals surface area contributed by atoms with Crippen molar-refractivity contribution in [3.05, 3.63) is 135 Å². The molecule has 0 aromatic heterocycles. The van der Waals surface area contributed by atoms with E-state index in [-0.39, 0.29) is 10.9 Å². The van der Waals surface area contributed by atoms with E-state index in [1.807, 2.05) is 54.6 Å². The maximum atomic E-state index is 6.31. The van der Waals surface area contributed by atoms with E-state index >= 15 is 0 Å². The van der Waals surface area contributed by atoms with Gasteiger partial charge in [-0.2, -0.15) is 0 Å². The first-order chi connectivity index (χ1) is 17.1. The summed E-state index contributed by atoms with van der Waals surface area (Å²) in [5.41, 5.74) is 0. The van der Waals surface area contributed by atoms with Gasteiger partial charge in [-0.1, -0.05) is 36.4 Å². The lowest BCUT2D eigenvalue weighted by Crippen LogP contribution is -2.05. The van der Waals surface area contributed by atoms with Crippen LogP contribution in [0.2, 0.25) is 0 Å². The lowest BCUT2D eigenvalue weighted by Gasteiger charge is -2.13. The lowest BCUT2D eigenvalue weighted by atomic mass is 10.3. The normalized spacial score (nSPS) is 10.8. The van der Waals surface area contributed by atoms with Gasteiger partial charge >= 0.3 is 0 Å². The van der Waals surface area contributed by atoms with Crippen molar-refractivity contribution in [1.29, 1.82) is 0 Å². The van der Waals surface area contributed by atoms with E-state index in [2.05, 4.69) is 118 Å². The van der Waals surface area contributed by atoms with E-state index in [1.54, 1.807) is 0 Å². The predicted octanol–water partition coefficient (Wildman–Crippen LogP) is 9.58. The zero-order valence-corrected chi connectivity index (χ0v) is 23.7. The van der Waals surface area contributed by atoms with Gasteiger partial charge in [-0.25, -0.2) is 0 Å². The maximum Gasteiger partial charge on any atom is 0.174 e. The highest BCUT2D eigenvalue weighted by Crippen LogP contribution is 2.38. The maximum absolute atomic E-state index is 6.31. The summed E-state index contributed by atoms with van der Waals surface area (Å²) < 4.78 is 15.0. The van der Waals surface area contributed by atoms with Gasteiger partial charge in [0.25, 0.3) is 0 Å². The molecule has 0 atom stereocenters. The molecule has 0 aliphatic rings. The van der Waals surface area contributed by atoms with E-state index < -0.39 is 0 Å². The van der Waals surface area contributed by atoms with Crippen LogP contribution in [0.25, 0.3) is 0 Å². The Morgan fingerprint density at radius 2 is 0.800 bits per heavy atom. The second kappa shape index (κ2) is 11.5. The third-order valence-electron chi connectivity index (χ3n) is 5.15. The smallest absolute Gasteiger partial charge is 0.174 e. The molecule has 0 aliphatic carbocycles. The number of ether oxygens (including phenoxy) is 2. The summed E-state index contributed by atoms with van der Waals surface area (Å²) in [4.78, 5) is 3.61. The van der Waals surface area contributed by atoms with E-state index in [4.69, 9.17) is 9.47 Å². The number of benzene rings is 5. The minimum Gasteiger partial charge on any atom is -0.457 e. The summed E-state index contributed by atoms with van der Waals surface area (Å²) in [6.45, 7) is 0. The van der Waals surface area contributed by atoms with Crippen LogP contribution >= 0.6 is 45.2 Å². The second-order valence-corrected chi connectivity index (χ2v) is 12.2. The summed E-state index contributed by atoms with van der Waals surface area (Å²) in [6, 6.07) is 43.5. The molecule has 0 fully saturated rings. The molecular formula is C30H21I2O2S+. The quantitative estimate of drug-likeness (QED) is 0.125. The van der Waals surface area contributed by atoms with Gasteiger partial charge in [0.05, 0.1) is 10.9 Å². The van der Waals surface area contributed by atoms with Crippen molar-refractivity contribution in [2.75, 3.05) is 0 Å². The van der Waals surface area contributed by atoms with Gasteiger partial charge in [0.1, 0.15) is 23.0 Å². The Balaban J connectivity index is 1.60. The molecule has 0 unspecified atom stereocenters. The fourth-order valence-corrected chi connectivity index (χ4v) is 6.44. The summed E-state index contributed by atoms with van der Waals surface area (Å²) >= 11 is 4.60. The minimum absolute atomic E-state index is 0.321. The average molecular weight is 699 g/mol. The Morgan fingerprint density at radius 1 is 0.400 bits per heavy atom. The molecule has 0 amide bonds. The summed E-state index contributed by atoms with van der Waals surface area (Å²) in [5.74, 6) is 3.08. The van der Waals surface area contributed by atoms with Crippen LogP contribution in [-0.4, -0.2) is 0 Å². The fourth-order valence-electron chi connectivity index (χ4n) is 3.58. The van der Waals surface area contributed by atoms with Gasteiger partial charge < -0.3 is 9.47 Å². The van der Waals surface area contributed by atoms with Crippen molar-refractivity contribution < 1.29 is 9.47 Å². The van der Waals surface area contributed by atoms with Gasteiger partial charge in [0, 0.05) is 25.3 Å². The van der Waals surface area contributed by atoms with Gasteiger partial charge in [-0.05, 0) is 118 Å². The molecule has 5 aromatic carbocycles. The Labute approximate surface area is 236 Å². The standard InChI is InChI=1S/C30H21I2O2S/c31-22-11-15-24(16-12-22)33-26-19-27(34-25-17-13-23(32)14-18-25)21-30(20-26)35(28-7-3-1-4-8-28)29-9-5-2-6-10-29/h1-21H/q+1. The van der Waals surface area contributed by atoms with Gasteiger partial charge in [0.2, 0.25) is 0 Å². The topological polar surface area (TPSA) is 18.5 Å². The molecule has 35 heavy (non-hydrogen) atoms. The van der Waals surface area contributed by atoms with E-state index in [0.717, 1.165) is 27.9 Å². The number of halogens is 2. The van der Waals surface area contributed by atoms with E-state index in [9.17, 15) is 0 Å². The van der Waals surface area contributed by atoms with Crippen LogP contribution < -0.4 is 9.47 Å². The Morgan fingerprint density at radius 3 is 1.20 bits per heavy atom. The first-order valence-electron chi connectivity index (χ1n) is 11.0. The first kappa shape index (κ1) is 24.2. The number of hydrogen-bond donors (Lipinski definition) is 0. The van der Waals surface area contributed by atoms with Crippen molar-refractivity contribution in [2.45, 2.75) is 14.7 Å². The molecule has 5 heteroatoms. The predicted molar refractivity (Wildman–Crippen MR) is 160 cm³/mol. The van der Waals surface area contributed by atoms with Gasteiger partial charge in [0.15, 0.2) is 14.7 Å². The third kappa shape index (κ3) is 6.39. The SMILES string of the molecule is Ic1ccc(Oc2cc(Oc3ccc(I)cc3)cc([S+](c3ccccc3)c3ccccc3)c2)cc1. The summed E-state index contributed by atoms with van der Waals surface area (Å²) in [6.07, 6.45) is 0. The minimum atomic E-state index is -0.321. The second-order valence-electron chi connectivity index (χ2n) is 7.68. The molecule has 0 N–H and O–H groups in total. The van der Waals surface area contributed by atoms with Crippen LogP contribution in [0.5, 0.6) is 23.0 Å². The molecule has 0 heterocycles. The van der Waals surface area contributed by atoms with Gasteiger partial charge in [-0.15, -0.1) is 0 Å². The molecule has 172 valence electrons. The van der Waals surface area contributed by atoms with Crippen molar-refractivity contribution in [1.82, 2.24) is 0 Å². The van der Waals surface area contributed by atoms with Crippen molar-refractivity contribution in [3.63, 3.8) is 0 Å². The monoisotopic (exact) mass is 699 g/mol. The zero-order chi connectivity index (χ0) is 24.0. The van der Waals surface area contributed by atoms with Crippen molar-refractivity contribution in [2.24, 2.45) is 0 Å². The van der Waals surface area contributed by atoms with Crippen molar-refractivity contribution >= 4 is 56.1 Å². The molecule has 0 bridgehead atoms. The first-order valence-corrected chi connectivity index (χ1v) is 14.4. The number of rotatable bonds is 7. The fraction of sp³-hybridized carbons (Fsp3) is 0. The third-order valence-corrected chi connectivity index (χ3v) is 8.78. The highest BCUT2D eigenvalue weighted by Gasteiger charge is 2.30. The van der Waals surface area contributed by atoms with Crippen molar-refractivity contribution in [3.8, 4) is 23.0 Å². The molecule has 0 radical (unpaired) electrons.